The van der Waals surface area contributed by atoms with Gasteiger partial charge >= 0.3 is 12.1 Å². The molecule has 13 heavy (non-hydrogen) atoms. The van der Waals surface area contributed by atoms with Gasteiger partial charge < -0.3 is 14.6 Å². The third-order valence-corrected chi connectivity index (χ3v) is 1.51. The summed E-state index contributed by atoms with van der Waals surface area (Å²) < 4.78 is 9.02. The molecule has 0 aromatic rings. The lowest BCUT2D eigenvalue weighted by molar-refractivity contribution is -0.143. The van der Waals surface area contributed by atoms with E-state index >= 15 is 0 Å². The Morgan fingerprint density at radius 3 is 2.31 bits per heavy atom. The SMILES string of the molecule is CCOC(=O)OCC(CC)C(=O)O. The first-order valence-electron chi connectivity index (χ1n) is 4.14. The quantitative estimate of drug-likeness (QED) is 0.661. The van der Waals surface area contributed by atoms with Gasteiger partial charge in [0.2, 0.25) is 0 Å². The predicted octanol–water partition coefficient (Wildman–Crippen LogP) is 1.27. The molecule has 5 heteroatoms. The van der Waals surface area contributed by atoms with Crippen LogP contribution in [0.4, 0.5) is 4.79 Å². The van der Waals surface area contributed by atoms with Gasteiger partial charge in [0.25, 0.3) is 0 Å². The van der Waals surface area contributed by atoms with Crippen molar-refractivity contribution in [3.63, 3.8) is 0 Å². The van der Waals surface area contributed by atoms with Crippen molar-refractivity contribution in [2.24, 2.45) is 5.92 Å². The Kier molecular flexibility index (Phi) is 5.67. The molecule has 5 nitrogen and oxygen atoms in total. The molecule has 0 saturated carbocycles. The maximum absolute atomic E-state index is 10.6. The van der Waals surface area contributed by atoms with Gasteiger partial charge in [-0.1, -0.05) is 6.92 Å². The number of carbonyl (C=O) groups is 2. The fraction of sp³-hybridized carbons (Fsp3) is 0.750. The second kappa shape index (κ2) is 6.28. The Balaban J connectivity index is 3.72. The Hall–Kier alpha value is -1.26. The normalized spacial score (nSPS) is 11.8. The lowest BCUT2D eigenvalue weighted by atomic mass is 10.1. The Bertz CT molecular complexity index is 177. The van der Waals surface area contributed by atoms with Crippen molar-refractivity contribution in [3.8, 4) is 0 Å². The number of carboxylic acids is 1. The van der Waals surface area contributed by atoms with Crippen molar-refractivity contribution in [3.05, 3.63) is 0 Å². The Morgan fingerprint density at radius 1 is 1.31 bits per heavy atom. The zero-order valence-electron chi connectivity index (χ0n) is 7.78. The second-order valence-corrected chi connectivity index (χ2v) is 2.44. The van der Waals surface area contributed by atoms with E-state index in [1.54, 1.807) is 13.8 Å². The summed E-state index contributed by atoms with van der Waals surface area (Å²) in [5, 5.41) is 8.58. The summed E-state index contributed by atoms with van der Waals surface area (Å²) in [4.78, 5) is 21.1. The zero-order chi connectivity index (χ0) is 10.3. The summed E-state index contributed by atoms with van der Waals surface area (Å²) in [5.41, 5.74) is 0. The summed E-state index contributed by atoms with van der Waals surface area (Å²) in [6.45, 7) is 3.45. The van der Waals surface area contributed by atoms with Crippen LogP contribution < -0.4 is 0 Å². The first-order valence-corrected chi connectivity index (χ1v) is 4.14. The zero-order valence-corrected chi connectivity index (χ0v) is 7.78. The highest BCUT2D eigenvalue weighted by molar-refractivity contribution is 5.70. The van der Waals surface area contributed by atoms with Gasteiger partial charge in [-0.05, 0) is 13.3 Å². The third kappa shape index (κ3) is 5.05. The van der Waals surface area contributed by atoms with E-state index in [2.05, 4.69) is 9.47 Å². The number of carbonyl (C=O) groups excluding carboxylic acids is 1. The van der Waals surface area contributed by atoms with Crippen molar-refractivity contribution in [1.82, 2.24) is 0 Å². The minimum atomic E-state index is -0.966. The maximum Gasteiger partial charge on any atom is 0.508 e. The van der Waals surface area contributed by atoms with Crippen LogP contribution in [-0.4, -0.2) is 30.4 Å². The monoisotopic (exact) mass is 190 g/mol. The second-order valence-electron chi connectivity index (χ2n) is 2.44. The summed E-state index contributed by atoms with van der Waals surface area (Å²) in [5.74, 6) is -1.61. The predicted molar refractivity (Wildman–Crippen MR) is 44.4 cm³/mol. The lowest BCUT2D eigenvalue weighted by Crippen LogP contribution is -2.21. The van der Waals surface area contributed by atoms with Crippen LogP contribution in [0.1, 0.15) is 20.3 Å². The van der Waals surface area contributed by atoms with E-state index in [1.807, 2.05) is 0 Å². The Labute approximate surface area is 76.6 Å². The first kappa shape index (κ1) is 11.7. The molecule has 0 heterocycles. The van der Waals surface area contributed by atoms with Gasteiger partial charge in [-0.25, -0.2) is 4.79 Å². The molecule has 0 amide bonds. The molecule has 0 aromatic heterocycles. The molecule has 0 aliphatic heterocycles. The van der Waals surface area contributed by atoms with E-state index in [0.29, 0.717) is 6.42 Å². The number of hydrogen-bond donors (Lipinski definition) is 1. The van der Waals surface area contributed by atoms with Crippen molar-refractivity contribution in [1.29, 1.82) is 0 Å². The highest BCUT2D eigenvalue weighted by Crippen LogP contribution is 2.03. The van der Waals surface area contributed by atoms with Crippen LogP contribution in [0.25, 0.3) is 0 Å². The van der Waals surface area contributed by atoms with Crippen LogP contribution in [0.2, 0.25) is 0 Å². The van der Waals surface area contributed by atoms with Crippen LogP contribution >= 0.6 is 0 Å². The molecular formula is C8H14O5. The number of ether oxygens (including phenoxy) is 2. The molecule has 0 aliphatic carbocycles. The van der Waals surface area contributed by atoms with Crippen LogP contribution in [0.15, 0.2) is 0 Å². The van der Waals surface area contributed by atoms with Crippen molar-refractivity contribution in [2.75, 3.05) is 13.2 Å². The van der Waals surface area contributed by atoms with E-state index in [4.69, 9.17) is 5.11 Å². The van der Waals surface area contributed by atoms with Gasteiger partial charge in [-0.3, -0.25) is 4.79 Å². The molecule has 1 unspecified atom stereocenters. The molecule has 0 rings (SSSR count). The lowest BCUT2D eigenvalue weighted by Gasteiger charge is -2.09. The number of carboxylic acid groups (broad SMARTS) is 1. The molecule has 0 radical (unpaired) electrons. The van der Waals surface area contributed by atoms with E-state index in [1.165, 1.54) is 0 Å². The average molecular weight is 190 g/mol. The molecule has 0 aromatic carbocycles. The molecule has 1 N–H and O–H groups in total. The van der Waals surface area contributed by atoms with Crippen molar-refractivity contribution in [2.45, 2.75) is 20.3 Å². The van der Waals surface area contributed by atoms with E-state index in [9.17, 15) is 9.59 Å². The topological polar surface area (TPSA) is 72.8 Å². The van der Waals surface area contributed by atoms with Gasteiger partial charge in [-0.2, -0.15) is 0 Å². The standard InChI is InChI=1S/C8H14O5/c1-3-6(7(9)10)5-13-8(11)12-4-2/h6H,3-5H2,1-2H3,(H,9,10). The molecule has 0 bridgehead atoms. The molecule has 0 fully saturated rings. The van der Waals surface area contributed by atoms with Gasteiger partial charge in [0.15, 0.2) is 0 Å². The number of aliphatic carboxylic acids is 1. The highest BCUT2D eigenvalue weighted by Gasteiger charge is 2.17. The van der Waals surface area contributed by atoms with Gasteiger partial charge in [0.1, 0.15) is 6.61 Å². The van der Waals surface area contributed by atoms with Crippen LogP contribution in [0.5, 0.6) is 0 Å². The molecule has 0 saturated heterocycles. The molecular weight excluding hydrogens is 176 g/mol. The number of rotatable bonds is 5. The van der Waals surface area contributed by atoms with Crippen LogP contribution in [-0.2, 0) is 14.3 Å². The van der Waals surface area contributed by atoms with Crippen molar-refractivity contribution < 1.29 is 24.2 Å². The minimum absolute atomic E-state index is 0.134. The molecule has 1 atom stereocenters. The Morgan fingerprint density at radius 2 is 1.92 bits per heavy atom. The summed E-state index contributed by atoms with van der Waals surface area (Å²) in [7, 11) is 0. The van der Waals surface area contributed by atoms with E-state index in [0.717, 1.165) is 0 Å². The van der Waals surface area contributed by atoms with Gasteiger partial charge in [-0.15, -0.1) is 0 Å². The molecule has 0 aliphatic rings. The smallest absolute Gasteiger partial charge is 0.481 e. The maximum atomic E-state index is 10.6. The largest absolute Gasteiger partial charge is 0.508 e. The van der Waals surface area contributed by atoms with Crippen LogP contribution in [0, 0.1) is 5.92 Å². The third-order valence-electron chi connectivity index (χ3n) is 1.51. The molecule has 76 valence electrons. The van der Waals surface area contributed by atoms with Gasteiger partial charge in [0.05, 0.1) is 12.5 Å². The van der Waals surface area contributed by atoms with Crippen LogP contribution in [0.3, 0.4) is 0 Å². The summed E-state index contributed by atoms with van der Waals surface area (Å²) >= 11 is 0. The fourth-order valence-corrected chi connectivity index (χ4v) is 0.692. The van der Waals surface area contributed by atoms with E-state index in [-0.39, 0.29) is 13.2 Å². The number of hydrogen-bond acceptors (Lipinski definition) is 4. The summed E-state index contributed by atoms with van der Waals surface area (Å²) in [6, 6.07) is 0. The summed E-state index contributed by atoms with van der Waals surface area (Å²) in [6.07, 6.45) is -0.392. The minimum Gasteiger partial charge on any atom is -0.481 e. The molecule has 0 spiro atoms. The fourth-order valence-electron chi connectivity index (χ4n) is 0.692. The first-order chi connectivity index (χ1) is 6.11. The van der Waals surface area contributed by atoms with Gasteiger partial charge in [0, 0.05) is 0 Å². The van der Waals surface area contributed by atoms with E-state index < -0.39 is 18.0 Å². The highest BCUT2D eigenvalue weighted by atomic mass is 16.7. The van der Waals surface area contributed by atoms with Crippen molar-refractivity contribution >= 4 is 12.1 Å². The average Bonchev–Trinajstić information content (AvgIpc) is 2.05.